The molecule has 7 heteroatoms. The number of hydrogen-bond donors (Lipinski definition) is 2. The molecule has 1 fully saturated rings. The molecule has 0 bridgehead atoms. The van der Waals surface area contributed by atoms with Gasteiger partial charge in [0.15, 0.2) is 11.5 Å². The number of carbonyl (C=O) groups is 2. The van der Waals surface area contributed by atoms with Crippen LogP contribution < -0.4 is 14.8 Å². The Kier molecular flexibility index (Phi) is 6.18. The van der Waals surface area contributed by atoms with Gasteiger partial charge in [-0.3, -0.25) is 9.59 Å². The predicted molar refractivity (Wildman–Crippen MR) is 130 cm³/mol. The van der Waals surface area contributed by atoms with Gasteiger partial charge in [-0.15, -0.1) is 0 Å². The molecule has 0 saturated carbocycles. The van der Waals surface area contributed by atoms with Crippen LogP contribution in [0.15, 0.2) is 42.5 Å². The van der Waals surface area contributed by atoms with Crippen molar-refractivity contribution in [1.29, 1.82) is 0 Å². The van der Waals surface area contributed by atoms with Crippen molar-refractivity contribution in [2.45, 2.75) is 38.1 Å². The number of hydrogen-bond acceptors (Lipinski definition) is 4. The number of benzene rings is 2. The SMILES string of the molecule is COc1ccc(CCN2C[C@@H](C(=O)N[C@@H]3CCCc4c3[nH]c3ccccc43)CC2=O)cc1OC. The van der Waals surface area contributed by atoms with Gasteiger partial charge < -0.3 is 24.7 Å². The molecule has 1 aliphatic carbocycles. The lowest BCUT2D eigenvalue weighted by molar-refractivity contribution is -0.129. The number of rotatable bonds is 7. The summed E-state index contributed by atoms with van der Waals surface area (Å²) in [5.74, 6) is 1.05. The molecule has 2 heterocycles. The highest BCUT2D eigenvalue weighted by atomic mass is 16.5. The molecule has 2 amide bonds. The number of likely N-dealkylation sites (tertiary alicyclic amines) is 1. The highest BCUT2D eigenvalue weighted by Gasteiger charge is 2.36. The minimum atomic E-state index is -0.312. The molecule has 1 saturated heterocycles. The second-order valence-corrected chi connectivity index (χ2v) is 9.20. The Morgan fingerprint density at radius 3 is 2.79 bits per heavy atom. The Bertz CT molecular complexity index is 1220. The zero-order chi connectivity index (χ0) is 23.7. The maximum absolute atomic E-state index is 13.1. The van der Waals surface area contributed by atoms with Crippen molar-refractivity contribution in [3.63, 3.8) is 0 Å². The summed E-state index contributed by atoms with van der Waals surface area (Å²) in [5.41, 5.74) is 4.61. The van der Waals surface area contributed by atoms with E-state index in [2.05, 4.69) is 28.5 Å². The second kappa shape index (κ2) is 9.41. The summed E-state index contributed by atoms with van der Waals surface area (Å²) in [7, 11) is 3.22. The van der Waals surface area contributed by atoms with Crippen molar-refractivity contribution < 1.29 is 19.1 Å². The molecule has 2 N–H and O–H groups in total. The number of fused-ring (bicyclic) bond motifs is 3. The van der Waals surface area contributed by atoms with Crippen molar-refractivity contribution in [3.8, 4) is 11.5 Å². The van der Waals surface area contributed by atoms with E-state index in [1.807, 2.05) is 24.3 Å². The van der Waals surface area contributed by atoms with E-state index in [-0.39, 0.29) is 30.2 Å². The first-order chi connectivity index (χ1) is 16.6. The molecule has 0 radical (unpaired) electrons. The number of aromatic amines is 1. The van der Waals surface area contributed by atoms with E-state index in [0.717, 1.165) is 36.0 Å². The van der Waals surface area contributed by atoms with Crippen molar-refractivity contribution in [1.82, 2.24) is 15.2 Å². The number of nitrogens with one attached hydrogen (secondary N) is 2. The monoisotopic (exact) mass is 461 g/mol. The molecule has 0 unspecified atom stereocenters. The number of H-pyrrole nitrogens is 1. The first-order valence-corrected chi connectivity index (χ1v) is 12.0. The summed E-state index contributed by atoms with van der Waals surface area (Å²) in [6, 6.07) is 14.1. The van der Waals surface area contributed by atoms with E-state index in [4.69, 9.17) is 9.47 Å². The molecule has 1 aromatic heterocycles. The van der Waals surface area contributed by atoms with Crippen molar-refractivity contribution >= 4 is 22.7 Å². The van der Waals surface area contributed by atoms with Crippen LogP contribution in [0, 0.1) is 5.92 Å². The molecule has 5 rings (SSSR count). The lowest BCUT2D eigenvalue weighted by atomic mass is 9.91. The second-order valence-electron chi connectivity index (χ2n) is 9.20. The fourth-order valence-electron chi connectivity index (χ4n) is 5.31. The van der Waals surface area contributed by atoms with E-state index >= 15 is 0 Å². The zero-order valence-electron chi connectivity index (χ0n) is 19.7. The molecule has 2 atom stereocenters. The van der Waals surface area contributed by atoms with E-state index in [9.17, 15) is 9.59 Å². The third-order valence-corrected chi connectivity index (χ3v) is 7.13. The molecule has 2 aliphatic rings. The average molecular weight is 462 g/mol. The Balaban J connectivity index is 1.21. The first kappa shape index (κ1) is 22.3. The van der Waals surface area contributed by atoms with Crippen LogP contribution in [-0.2, 0) is 22.4 Å². The highest BCUT2D eigenvalue weighted by molar-refractivity contribution is 5.90. The number of carbonyl (C=O) groups excluding carboxylic acids is 2. The number of nitrogens with zero attached hydrogens (tertiary/aromatic N) is 1. The van der Waals surface area contributed by atoms with E-state index in [0.29, 0.717) is 31.0 Å². The minimum Gasteiger partial charge on any atom is -0.493 e. The van der Waals surface area contributed by atoms with Crippen LogP contribution in [0.2, 0.25) is 0 Å². The summed E-state index contributed by atoms with van der Waals surface area (Å²) in [5, 5.41) is 4.49. The third-order valence-electron chi connectivity index (χ3n) is 7.13. The van der Waals surface area contributed by atoms with Crippen LogP contribution in [0.1, 0.15) is 42.1 Å². The van der Waals surface area contributed by atoms with Crippen molar-refractivity contribution in [2.24, 2.45) is 5.92 Å². The molecule has 1 aliphatic heterocycles. The van der Waals surface area contributed by atoms with Gasteiger partial charge in [-0.25, -0.2) is 0 Å². The van der Waals surface area contributed by atoms with Gasteiger partial charge in [-0.2, -0.15) is 0 Å². The summed E-state index contributed by atoms with van der Waals surface area (Å²) in [6.45, 7) is 1.04. The highest BCUT2D eigenvalue weighted by Crippen LogP contribution is 2.35. The minimum absolute atomic E-state index is 0.0282. The molecule has 7 nitrogen and oxygen atoms in total. The van der Waals surface area contributed by atoms with Gasteiger partial charge in [-0.05, 0) is 55.0 Å². The normalized spacial score (nSPS) is 19.8. The fourth-order valence-corrected chi connectivity index (χ4v) is 5.31. The van der Waals surface area contributed by atoms with E-state index in [1.54, 1.807) is 19.1 Å². The number of aromatic nitrogens is 1. The number of amides is 2. The largest absolute Gasteiger partial charge is 0.493 e. The Labute approximate surface area is 199 Å². The van der Waals surface area contributed by atoms with Crippen LogP contribution >= 0.6 is 0 Å². The van der Waals surface area contributed by atoms with Crippen LogP contribution in [0.25, 0.3) is 10.9 Å². The number of aryl methyl sites for hydroxylation is 1. The molecule has 3 aromatic rings. The maximum atomic E-state index is 13.1. The lowest BCUT2D eigenvalue weighted by Crippen LogP contribution is -2.37. The van der Waals surface area contributed by atoms with Gasteiger partial charge in [0.2, 0.25) is 11.8 Å². The van der Waals surface area contributed by atoms with Crippen LogP contribution in [0.4, 0.5) is 0 Å². The quantitative estimate of drug-likeness (QED) is 0.561. The lowest BCUT2D eigenvalue weighted by Gasteiger charge is -2.25. The Hall–Kier alpha value is -3.48. The van der Waals surface area contributed by atoms with Gasteiger partial charge in [0.1, 0.15) is 0 Å². The number of methoxy groups -OCH3 is 2. The molecular weight excluding hydrogens is 430 g/mol. The van der Waals surface area contributed by atoms with Crippen molar-refractivity contribution in [2.75, 3.05) is 27.3 Å². The number of para-hydroxylation sites is 1. The van der Waals surface area contributed by atoms with E-state index in [1.165, 1.54) is 10.9 Å². The van der Waals surface area contributed by atoms with Crippen LogP contribution in [0.5, 0.6) is 11.5 Å². The molecule has 178 valence electrons. The van der Waals surface area contributed by atoms with Gasteiger partial charge in [0, 0.05) is 36.1 Å². The van der Waals surface area contributed by atoms with Crippen LogP contribution in [-0.4, -0.2) is 49.0 Å². The molecule has 0 spiro atoms. The Morgan fingerprint density at radius 2 is 1.97 bits per heavy atom. The van der Waals surface area contributed by atoms with Gasteiger partial charge >= 0.3 is 0 Å². The third kappa shape index (κ3) is 4.22. The fraction of sp³-hybridized carbons (Fsp3) is 0.407. The van der Waals surface area contributed by atoms with Gasteiger partial charge in [0.05, 0.1) is 26.2 Å². The topological polar surface area (TPSA) is 83.7 Å². The smallest absolute Gasteiger partial charge is 0.225 e. The molecule has 2 aromatic carbocycles. The summed E-state index contributed by atoms with van der Waals surface area (Å²) in [6.07, 6.45) is 3.94. The Morgan fingerprint density at radius 1 is 1.15 bits per heavy atom. The standard InChI is InChI=1S/C27H31N3O4/c1-33-23-11-10-17(14-24(23)34-2)12-13-30-16-18(15-25(30)31)27(32)29-22-9-5-7-20-19-6-3-4-8-21(19)28-26(20)22/h3-4,6,8,10-11,14,18,22,28H,5,7,9,12-13,15-16H2,1-2H3,(H,29,32)/t18-,22+/m0/s1. The first-order valence-electron chi connectivity index (χ1n) is 12.0. The average Bonchev–Trinajstić information content (AvgIpc) is 3.43. The van der Waals surface area contributed by atoms with Gasteiger partial charge in [-0.1, -0.05) is 24.3 Å². The zero-order valence-corrected chi connectivity index (χ0v) is 19.7. The van der Waals surface area contributed by atoms with Crippen LogP contribution in [0.3, 0.4) is 0 Å². The summed E-state index contributed by atoms with van der Waals surface area (Å²) in [4.78, 5) is 31.1. The molecule has 34 heavy (non-hydrogen) atoms. The van der Waals surface area contributed by atoms with E-state index < -0.39 is 0 Å². The summed E-state index contributed by atoms with van der Waals surface area (Å²) < 4.78 is 10.7. The maximum Gasteiger partial charge on any atom is 0.225 e. The van der Waals surface area contributed by atoms with Gasteiger partial charge in [0.25, 0.3) is 0 Å². The predicted octanol–water partition coefficient (Wildman–Crippen LogP) is 3.77. The van der Waals surface area contributed by atoms with Crippen molar-refractivity contribution in [3.05, 3.63) is 59.3 Å². The summed E-state index contributed by atoms with van der Waals surface area (Å²) >= 11 is 0. The molecular formula is C27H31N3O4. The number of ether oxygens (including phenoxy) is 2.